The summed E-state index contributed by atoms with van der Waals surface area (Å²) in [5, 5.41) is 10.6. The van der Waals surface area contributed by atoms with Crippen molar-refractivity contribution in [3.8, 4) is 0 Å². The van der Waals surface area contributed by atoms with E-state index in [1.54, 1.807) is 0 Å². The molecule has 0 radical (unpaired) electrons. The van der Waals surface area contributed by atoms with Crippen LogP contribution in [0.5, 0.6) is 0 Å². The van der Waals surface area contributed by atoms with Crippen LogP contribution in [0.4, 0.5) is 5.82 Å². The zero-order valence-corrected chi connectivity index (χ0v) is 8.35. The summed E-state index contributed by atoms with van der Waals surface area (Å²) in [6.45, 7) is 2.25. The first-order chi connectivity index (χ1) is 6.36. The predicted molar refractivity (Wildman–Crippen MR) is 54.1 cm³/mol. The molecular formula is C10H17N3. The first-order valence-electron chi connectivity index (χ1n) is 5.11. The Kier molecular flexibility index (Phi) is 2.25. The van der Waals surface area contributed by atoms with E-state index in [0.717, 1.165) is 5.82 Å². The highest BCUT2D eigenvalue weighted by atomic mass is 15.2. The summed E-state index contributed by atoms with van der Waals surface area (Å²) in [5.74, 6) is 1.76. The van der Waals surface area contributed by atoms with Gasteiger partial charge < -0.3 is 5.32 Å². The molecular weight excluding hydrogens is 162 g/mol. The Morgan fingerprint density at radius 3 is 3.15 bits per heavy atom. The van der Waals surface area contributed by atoms with E-state index in [1.807, 2.05) is 7.05 Å². The summed E-state index contributed by atoms with van der Waals surface area (Å²) in [6, 6.07) is 0. The summed E-state index contributed by atoms with van der Waals surface area (Å²) >= 11 is 0. The van der Waals surface area contributed by atoms with Crippen LogP contribution in [0.25, 0.3) is 0 Å². The number of H-pyrrole nitrogens is 1. The summed E-state index contributed by atoms with van der Waals surface area (Å²) in [4.78, 5) is 0. The van der Waals surface area contributed by atoms with Crippen molar-refractivity contribution < 1.29 is 0 Å². The van der Waals surface area contributed by atoms with Gasteiger partial charge in [0.1, 0.15) is 0 Å². The number of hydrogen-bond acceptors (Lipinski definition) is 2. The molecule has 2 rings (SSSR count). The zero-order valence-electron chi connectivity index (χ0n) is 8.35. The number of fused-ring (bicyclic) bond motifs is 1. The quantitative estimate of drug-likeness (QED) is 0.731. The predicted octanol–water partition coefficient (Wildman–Crippen LogP) is 2.28. The van der Waals surface area contributed by atoms with Gasteiger partial charge in [0.15, 0.2) is 5.82 Å². The van der Waals surface area contributed by atoms with Crippen molar-refractivity contribution in [3.05, 3.63) is 11.3 Å². The molecule has 1 aromatic heterocycles. The van der Waals surface area contributed by atoms with E-state index in [4.69, 9.17) is 0 Å². The van der Waals surface area contributed by atoms with Crippen LogP contribution in [0.3, 0.4) is 0 Å². The van der Waals surface area contributed by atoms with E-state index in [-0.39, 0.29) is 0 Å². The Morgan fingerprint density at radius 1 is 1.62 bits per heavy atom. The van der Waals surface area contributed by atoms with Gasteiger partial charge >= 0.3 is 0 Å². The minimum absolute atomic E-state index is 0.707. The Labute approximate surface area is 78.9 Å². The monoisotopic (exact) mass is 179 g/mol. The molecule has 0 aromatic carbocycles. The van der Waals surface area contributed by atoms with Gasteiger partial charge in [0.2, 0.25) is 0 Å². The van der Waals surface area contributed by atoms with Gasteiger partial charge in [-0.05, 0) is 25.7 Å². The third-order valence-corrected chi connectivity index (χ3v) is 3.02. The van der Waals surface area contributed by atoms with Gasteiger partial charge in [0, 0.05) is 24.2 Å². The Morgan fingerprint density at radius 2 is 2.46 bits per heavy atom. The minimum Gasteiger partial charge on any atom is -0.371 e. The lowest BCUT2D eigenvalue weighted by molar-refractivity contribution is 0.529. The zero-order chi connectivity index (χ0) is 9.26. The lowest BCUT2D eigenvalue weighted by Gasteiger charge is -2.20. The van der Waals surface area contributed by atoms with Crippen molar-refractivity contribution in [2.24, 2.45) is 0 Å². The Balaban J connectivity index is 2.36. The van der Waals surface area contributed by atoms with Crippen LogP contribution in [-0.4, -0.2) is 17.2 Å². The highest BCUT2D eigenvalue weighted by Gasteiger charge is 2.23. The van der Waals surface area contributed by atoms with Gasteiger partial charge in [-0.3, -0.25) is 5.10 Å². The number of nitrogens with zero attached hydrogens (tertiary/aromatic N) is 1. The molecule has 0 saturated carbocycles. The number of nitrogens with one attached hydrogen (secondary N) is 2. The van der Waals surface area contributed by atoms with Gasteiger partial charge in [0.05, 0.1) is 0 Å². The molecule has 1 heterocycles. The van der Waals surface area contributed by atoms with Gasteiger partial charge in [-0.15, -0.1) is 0 Å². The van der Waals surface area contributed by atoms with Crippen LogP contribution >= 0.6 is 0 Å². The van der Waals surface area contributed by atoms with Crippen molar-refractivity contribution in [2.45, 2.75) is 38.5 Å². The lowest BCUT2D eigenvalue weighted by atomic mass is 9.86. The summed E-state index contributed by atoms with van der Waals surface area (Å²) in [6.07, 6.45) is 5.02. The molecule has 2 N–H and O–H groups in total. The maximum absolute atomic E-state index is 4.28. The van der Waals surface area contributed by atoms with Crippen molar-refractivity contribution in [2.75, 3.05) is 12.4 Å². The van der Waals surface area contributed by atoms with Crippen LogP contribution in [0.2, 0.25) is 0 Å². The van der Waals surface area contributed by atoms with Gasteiger partial charge in [0.25, 0.3) is 0 Å². The molecule has 0 bridgehead atoms. The molecule has 1 aliphatic rings. The summed E-state index contributed by atoms with van der Waals surface area (Å²) in [7, 11) is 1.94. The van der Waals surface area contributed by atoms with E-state index in [2.05, 4.69) is 22.4 Å². The van der Waals surface area contributed by atoms with Crippen LogP contribution in [0.15, 0.2) is 0 Å². The molecule has 1 unspecified atom stereocenters. The normalized spacial score (nSPS) is 21.2. The SMILES string of the molecule is CCC1CCCc2c(NC)n[nH]c21. The van der Waals surface area contributed by atoms with Crippen LogP contribution < -0.4 is 5.32 Å². The van der Waals surface area contributed by atoms with Gasteiger partial charge in [-0.25, -0.2) is 0 Å². The van der Waals surface area contributed by atoms with E-state index in [0.29, 0.717) is 5.92 Å². The first-order valence-corrected chi connectivity index (χ1v) is 5.11. The van der Waals surface area contributed by atoms with Crippen LogP contribution in [0, 0.1) is 0 Å². The highest BCUT2D eigenvalue weighted by molar-refractivity contribution is 5.48. The molecule has 0 amide bonds. The maximum atomic E-state index is 4.28. The highest BCUT2D eigenvalue weighted by Crippen LogP contribution is 2.35. The molecule has 0 spiro atoms. The second-order valence-electron chi connectivity index (χ2n) is 3.71. The molecule has 0 aliphatic heterocycles. The van der Waals surface area contributed by atoms with Crippen LogP contribution in [0.1, 0.15) is 43.4 Å². The van der Waals surface area contributed by atoms with E-state index in [9.17, 15) is 0 Å². The molecule has 0 fully saturated rings. The summed E-state index contributed by atoms with van der Waals surface area (Å²) in [5.41, 5.74) is 2.79. The Hall–Kier alpha value is -0.990. The van der Waals surface area contributed by atoms with Crippen molar-refractivity contribution in [1.29, 1.82) is 0 Å². The molecule has 72 valence electrons. The third-order valence-electron chi connectivity index (χ3n) is 3.02. The maximum Gasteiger partial charge on any atom is 0.151 e. The fourth-order valence-electron chi connectivity index (χ4n) is 2.25. The van der Waals surface area contributed by atoms with Gasteiger partial charge in [-0.1, -0.05) is 6.92 Å². The second-order valence-corrected chi connectivity index (χ2v) is 3.71. The van der Waals surface area contributed by atoms with Gasteiger partial charge in [-0.2, -0.15) is 5.10 Å². The van der Waals surface area contributed by atoms with Crippen molar-refractivity contribution >= 4 is 5.82 Å². The average Bonchev–Trinajstić information content (AvgIpc) is 2.60. The standard InChI is InChI=1S/C10H17N3/c1-3-7-5-4-6-8-9(7)12-13-10(8)11-2/h7H,3-6H2,1-2H3,(H2,11,12,13). The molecule has 0 saturated heterocycles. The fourth-order valence-corrected chi connectivity index (χ4v) is 2.25. The number of aromatic amines is 1. The number of anilines is 1. The first kappa shape index (κ1) is 8.60. The molecule has 1 aliphatic carbocycles. The number of aromatic nitrogens is 2. The number of rotatable bonds is 2. The average molecular weight is 179 g/mol. The molecule has 3 heteroatoms. The molecule has 1 aromatic rings. The van der Waals surface area contributed by atoms with Crippen molar-refractivity contribution in [1.82, 2.24) is 10.2 Å². The lowest BCUT2D eigenvalue weighted by Crippen LogP contribution is -2.08. The minimum atomic E-state index is 0.707. The van der Waals surface area contributed by atoms with Crippen LogP contribution in [-0.2, 0) is 6.42 Å². The Bertz CT molecular complexity index is 290. The molecule has 1 atom stereocenters. The molecule has 13 heavy (non-hydrogen) atoms. The molecule has 3 nitrogen and oxygen atoms in total. The number of hydrogen-bond donors (Lipinski definition) is 2. The topological polar surface area (TPSA) is 40.7 Å². The van der Waals surface area contributed by atoms with E-state index >= 15 is 0 Å². The van der Waals surface area contributed by atoms with E-state index < -0.39 is 0 Å². The largest absolute Gasteiger partial charge is 0.371 e. The van der Waals surface area contributed by atoms with E-state index in [1.165, 1.54) is 36.9 Å². The van der Waals surface area contributed by atoms with Crippen molar-refractivity contribution in [3.63, 3.8) is 0 Å². The fraction of sp³-hybridized carbons (Fsp3) is 0.700. The summed E-state index contributed by atoms with van der Waals surface area (Å²) < 4.78 is 0. The smallest absolute Gasteiger partial charge is 0.151 e. The second kappa shape index (κ2) is 3.40. The third kappa shape index (κ3) is 1.32.